The highest BCUT2D eigenvalue weighted by Gasteiger charge is 2.32. The molecule has 11 heteroatoms. The molecule has 220 valence electrons. The number of hydrogen-bond acceptors (Lipinski definition) is 10. The summed E-state index contributed by atoms with van der Waals surface area (Å²) in [4.78, 5) is 29.6. The highest BCUT2D eigenvalue weighted by molar-refractivity contribution is 5.92. The van der Waals surface area contributed by atoms with E-state index >= 15 is 0 Å². The molecule has 1 amide bonds. The van der Waals surface area contributed by atoms with Crippen LogP contribution in [0.2, 0.25) is 0 Å². The number of esters is 1. The van der Waals surface area contributed by atoms with Crippen molar-refractivity contribution in [1.82, 2.24) is 9.80 Å². The number of ether oxygens (including phenoxy) is 6. The lowest BCUT2D eigenvalue weighted by Gasteiger charge is -2.36. The monoisotopic (exact) mass is 568 g/mol. The summed E-state index contributed by atoms with van der Waals surface area (Å²) >= 11 is 0. The minimum absolute atomic E-state index is 0.0606. The molecule has 11 nitrogen and oxygen atoms in total. The Morgan fingerprint density at radius 3 is 2.51 bits per heavy atom. The molecule has 3 aliphatic rings. The molecule has 2 aromatic rings. The summed E-state index contributed by atoms with van der Waals surface area (Å²) in [5.41, 5.74) is 2.53. The second-order valence-electron chi connectivity index (χ2n) is 10.00. The van der Waals surface area contributed by atoms with Crippen LogP contribution in [0.25, 0.3) is 0 Å². The summed E-state index contributed by atoms with van der Waals surface area (Å²) in [6, 6.07) is 13.1. The molecule has 0 unspecified atom stereocenters. The Bertz CT molecular complexity index is 1220. The number of benzene rings is 2. The third-order valence-corrected chi connectivity index (χ3v) is 7.30. The van der Waals surface area contributed by atoms with Gasteiger partial charge in [0, 0.05) is 45.1 Å². The number of carbonyl (C=O) groups is 2. The van der Waals surface area contributed by atoms with Crippen molar-refractivity contribution in [3.05, 3.63) is 71.0 Å². The van der Waals surface area contributed by atoms with E-state index in [0.29, 0.717) is 31.7 Å². The first-order valence-corrected chi connectivity index (χ1v) is 13.8. The molecule has 41 heavy (non-hydrogen) atoms. The summed E-state index contributed by atoms with van der Waals surface area (Å²) in [7, 11) is 1.35. The Morgan fingerprint density at radius 1 is 0.976 bits per heavy atom. The Balaban J connectivity index is 1.22. The van der Waals surface area contributed by atoms with Gasteiger partial charge < -0.3 is 38.4 Å². The van der Waals surface area contributed by atoms with Gasteiger partial charge in [0.1, 0.15) is 0 Å². The van der Waals surface area contributed by atoms with E-state index in [9.17, 15) is 9.59 Å². The number of carbonyl (C=O) groups excluding carboxylic acids is 2. The number of amides is 1. The van der Waals surface area contributed by atoms with Gasteiger partial charge in [-0.15, -0.1) is 0 Å². The van der Waals surface area contributed by atoms with E-state index in [0.717, 1.165) is 42.3 Å². The minimum atomic E-state index is -0.644. The summed E-state index contributed by atoms with van der Waals surface area (Å²) in [5.74, 6) is 1.06. The maximum absolute atomic E-state index is 13.6. The fourth-order valence-corrected chi connectivity index (χ4v) is 5.09. The Labute approximate surface area is 239 Å². The second-order valence-corrected chi connectivity index (χ2v) is 10.00. The van der Waals surface area contributed by atoms with Crippen LogP contribution >= 0.6 is 0 Å². The van der Waals surface area contributed by atoms with Crippen LogP contribution in [-0.2, 0) is 30.3 Å². The maximum atomic E-state index is 13.6. The number of aliphatic hydroxyl groups is 1. The van der Waals surface area contributed by atoms with Crippen molar-refractivity contribution in [1.29, 1.82) is 0 Å². The third kappa shape index (κ3) is 7.36. The van der Waals surface area contributed by atoms with E-state index in [2.05, 4.69) is 4.90 Å². The van der Waals surface area contributed by atoms with E-state index < -0.39 is 12.3 Å². The number of fused-ring (bicyclic) bond motifs is 1. The number of hydrogen-bond donors (Lipinski definition) is 1. The third-order valence-electron chi connectivity index (χ3n) is 7.30. The van der Waals surface area contributed by atoms with Crippen LogP contribution in [0.5, 0.6) is 11.5 Å². The highest BCUT2D eigenvalue weighted by atomic mass is 16.7. The standard InChI is InChI=1S/C30H36N2O9/c1-36-30(35)23-5-3-22(4-6-23)24-17-27(41-28(18-24)38-15-14-37-13-12-33)29(34)32-10-8-31(9-11-32)19-21-2-7-25-26(16-21)40-20-39-25/h2-7,16-17,24,28,33H,8-15,18-20H2,1H3/t24-,28+/m0/s1. The van der Waals surface area contributed by atoms with E-state index in [1.54, 1.807) is 12.1 Å². The van der Waals surface area contributed by atoms with Crippen molar-refractivity contribution in [2.75, 3.05) is 66.5 Å². The average Bonchev–Trinajstić information content (AvgIpc) is 3.48. The first-order chi connectivity index (χ1) is 20.0. The van der Waals surface area contributed by atoms with Gasteiger partial charge in [-0.1, -0.05) is 18.2 Å². The van der Waals surface area contributed by atoms with Crippen LogP contribution in [0.1, 0.15) is 33.8 Å². The van der Waals surface area contributed by atoms with Gasteiger partial charge >= 0.3 is 5.97 Å². The van der Waals surface area contributed by atoms with Gasteiger partial charge in [-0.05, 0) is 41.5 Å². The largest absolute Gasteiger partial charge is 0.465 e. The molecule has 0 aromatic heterocycles. The number of allylic oxidation sites excluding steroid dienone is 1. The summed E-state index contributed by atoms with van der Waals surface area (Å²) in [6.45, 7) is 4.35. The number of methoxy groups -OCH3 is 1. The molecule has 0 aliphatic carbocycles. The van der Waals surface area contributed by atoms with E-state index in [4.69, 9.17) is 33.5 Å². The molecular weight excluding hydrogens is 532 g/mol. The van der Waals surface area contributed by atoms with Crippen LogP contribution < -0.4 is 9.47 Å². The SMILES string of the molecule is COC(=O)c1ccc([C@H]2C=C(C(=O)N3CCN(Cc4ccc5c(c4)OCO5)CC3)O[C@@H](OCCOCCO)C2)cc1. The zero-order valence-corrected chi connectivity index (χ0v) is 23.2. The lowest BCUT2D eigenvalue weighted by Crippen LogP contribution is -2.49. The fraction of sp³-hybridized carbons (Fsp3) is 0.467. The molecule has 1 fully saturated rings. The lowest BCUT2D eigenvalue weighted by molar-refractivity contribution is -0.157. The summed E-state index contributed by atoms with van der Waals surface area (Å²) in [5, 5.41) is 8.91. The summed E-state index contributed by atoms with van der Waals surface area (Å²) < 4.78 is 32.9. The molecule has 0 radical (unpaired) electrons. The topological polar surface area (TPSA) is 116 Å². The molecule has 2 atom stereocenters. The van der Waals surface area contributed by atoms with E-state index in [1.165, 1.54) is 7.11 Å². The van der Waals surface area contributed by atoms with Crippen LogP contribution in [0, 0.1) is 0 Å². The van der Waals surface area contributed by atoms with Gasteiger partial charge in [0.05, 0.1) is 39.1 Å². The van der Waals surface area contributed by atoms with Crippen molar-refractivity contribution in [2.24, 2.45) is 0 Å². The van der Waals surface area contributed by atoms with Crippen LogP contribution in [0.3, 0.4) is 0 Å². The molecule has 0 saturated carbocycles. The molecule has 2 aromatic carbocycles. The molecule has 1 N–H and O–H groups in total. The zero-order valence-electron chi connectivity index (χ0n) is 23.2. The smallest absolute Gasteiger partial charge is 0.337 e. The Morgan fingerprint density at radius 2 is 1.76 bits per heavy atom. The number of piperazine rings is 1. The predicted octanol–water partition coefficient (Wildman–Crippen LogP) is 2.29. The van der Waals surface area contributed by atoms with Gasteiger partial charge in [-0.2, -0.15) is 0 Å². The molecule has 3 aliphatic heterocycles. The molecule has 3 heterocycles. The predicted molar refractivity (Wildman–Crippen MR) is 146 cm³/mol. The maximum Gasteiger partial charge on any atom is 0.337 e. The van der Waals surface area contributed by atoms with Gasteiger partial charge in [0.25, 0.3) is 5.91 Å². The normalized spacial score (nSPS) is 20.3. The van der Waals surface area contributed by atoms with Gasteiger partial charge in [0.15, 0.2) is 17.3 Å². The second kappa shape index (κ2) is 13.8. The van der Waals surface area contributed by atoms with Crippen LogP contribution in [0.15, 0.2) is 54.3 Å². The molecule has 0 bridgehead atoms. The van der Waals surface area contributed by atoms with Crippen molar-refractivity contribution in [2.45, 2.75) is 25.2 Å². The highest BCUT2D eigenvalue weighted by Crippen LogP contribution is 2.34. The van der Waals surface area contributed by atoms with Gasteiger partial charge in [-0.3, -0.25) is 9.69 Å². The first kappa shape index (κ1) is 28.9. The number of rotatable bonds is 11. The van der Waals surface area contributed by atoms with Gasteiger partial charge in [-0.25, -0.2) is 4.79 Å². The summed E-state index contributed by atoms with van der Waals surface area (Å²) in [6.07, 6.45) is 1.70. The van der Waals surface area contributed by atoms with Crippen molar-refractivity contribution in [3.63, 3.8) is 0 Å². The molecular formula is C30H36N2O9. The fourth-order valence-electron chi connectivity index (χ4n) is 5.09. The minimum Gasteiger partial charge on any atom is -0.465 e. The number of aliphatic hydroxyl groups excluding tert-OH is 1. The van der Waals surface area contributed by atoms with Crippen LogP contribution in [-0.4, -0.2) is 99.6 Å². The first-order valence-electron chi connectivity index (χ1n) is 13.8. The Hall–Kier alpha value is -3.64. The Kier molecular flexibility index (Phi) is 9.73. The van der Waals surface area contributed by atoms with Crippen LogP contribution in [0.4, 0.5) is 0 Å². The quantitative estimate of drug-likeness (QED) is 0.320. The lowest BCUT2D eigenvalue weighted by atomic mass is 9.92. The van der Waals surface area contributed by atoms with Crippen molar-refractivity contribution >= 4 is 11.9 Å². The zero-order chi connectivity index (χ0) is 28.6. The van der Waals surface area contributed by atoms with Crippen molar-refractivity contribution in [3.8, 4) is 11.5 Å². The van der Waals surface area contributed by atoms with E-state index in [1.807, 2.05) is 41.3 Å². The molecule has 5 rings (SSSR count). The number of nitrogens with zero attached hydrogens (tertiary/aromatic N) is 2. The molecule has 1 saturated heterocycles. The van der Waals surface area contributed by atoms with Crippen molar-refractivity contribution < 1.29 is 43.1 Å². The van der Waals surface area contributed by atoms with Gasteiger partial charge in [0.2, 0.25) is 13.1 Å². The van der Waals surface area contributed by atoms with E-state index in [-0.39, 0.29) is 44.2 Å². The molecule has 0 spiro atoms. The average molecular weight is 569 g/mol.